The third-order valence-corrected chi connectivity index (χ3v) is 4.29. The van der Waals surface area contributed by atoms with Gasteiger partial charge in [0.2, 0.25) is 5.89 Å². The minimum absolute atomic E-state index is 0.301. The van der Waals surface area contributed by atoms with Crippen LogP contribution in [-0.2, 0) is 5.88 Å². The Labute approximate surface area is 106 Å². The van der Waals surface area contributed by atoms with Crippen molar-refractivity contribution in [3.05, 3.63) is 5.89 Å². The van der Waals surface area contributed by atoms with Gasteiger partial charge < -0.3 is 9.32 Å². The summed E-state index contributed by atoms with van der Waals surface area (Å²) in [6.45, 7) is 1.05. The summed E-state index contributed by atoms with van der Waals surface area (Å²) in [6, 6.07) is 1.29. The van der Waals surface area contributed by atoms with E-state index in [1.807, 2.05) is 0 Å². The molecule has 1 aromatic rings. The Morgan fingerprint density at radius 2 is 2.00 bits per heavy atom. The van der Waals surface area contributed by atoms with E-state index in [1.54, 1.807) is 0 Å². The summed E-state index contributed by atoms with van der Waals surface area (Å²) in [6.07, 6.45) is 7.93. The maximum atomic E-state index is 5.70. The molecule has 0 N–H and O–H groups in total. The number of piperidine rings is 1. The van der Waals surface area contributed by atoms with Crippen molar-refractivity contribution in [1.29, 1.82) is 0 Å². The highest BCUT2D eigenvalue weighted by molar-refractivity contribution is 6.16. The predicted molar refractivity (Wildman–Crippen MR) is 66.2 cm³/mol. The van der Waals surface area contributed by atoms with Crippen LogP contribution in [0.5, 0.6) is 0 Å². The Bertz CT molecular complexity index is 380. The number of hydrogen-bond acceptors (Lipinski definition) is 4. The highest BCUT2D eigenvalue weighted by Gasteiger charge is 2.35. The Morgan fingerprint density at radius 1 is 1.18 bits per heavy atom. The van der Waals surface area contributed by atoms with Crippen LogP contribution in [-0.4, -0.2) is 22.8 Å². The van der Waals surface area contributed by atoms with E-state index in [2.05, 4.69) is 15.1 Å². The third kappa shape index (κ3) is 2.15. The number of aromatic nitrogens is 2. The Kier molecular flexibility index (Phi) is 3.23. The van der Waals surface area contributed by atoms with Gasteiger partial charge in [-0.3, -0.25) is 0 Å². The Hall–Kier alpha value is -0.770. The summed E-state index contributed by atoms with van der Waals surface area (Å²) in [7, 11) is 0. The summed E-state index contributed by atoms with van der Waals surface area (Å²) in [5, 5.41) is 8.08. The maximum absolute atomic E-state index is 5.70. The van der Waals surface area contributed by atoms with E-state index in [1.165, 1.54) is 38.5 Å². The van der Waals surface area contributed by atoms with Crippen LogP contribution in [0.15, 0.2) is 4.42 Å². The van der Waals surface area contributed by atoms with Crippen molar-refractivity contribution < 1.29 is 4.42 Å². The molecular weight excluding hydrogens is 238 g/mol. The molecule has 2 aliphatic rings. The van der Waals surface area contributed by atoms with Crippen LogP contribution in [0.2, 0.25) is 0 Å². The molecule has 1 aromatic heterocycles. The first-order chi connectivity index (χ1) is 8.38. The van der Waals surface area contributed by atoms with Gasteiger partial charge in [-0.05, 0) is 31.6 Å². The fraction of sp³-hybridized carbons (Fsp3) is 0.833. The van der Waals surface area contributed by atoms with Gasteiger partial charge in [-0.2, -0.15) is 0 Å². The van der Waals surface area contributed by atoms with E-state index in [0.717, 1.165) is 12.5 Å². The molecule has 0 bridgehead atoms. The van der Waals surface area contributed by atoms with Crippen LogP contribution in [0.4, 0.5) is 6.01 Å². The highest BCUT2D eigenvalue weighted by Crippen LogP contribution is 2.37. The SMILES string of the molecule is ClCc1nnc(N2CCCC3CCCCC32)o1. The van der Waals surface area contributed by atoms with Crippen molar-refractivity contribution in [2.75, 3.05) is 11.4 Å². The summed E-state index contributed by atoms with van der Waals surface area (Å²) < 4.78 is 5.59. The highest BCUT2D eigenvalue weighted by atomic mass is 35.5. The van der Waals surface area contributed by atoms with Crippen molar-refractivity contribution in [3.8, 4) is 0 Å². The largest absolute Gasteiger partial charge is 0.407 e. The quantitative estimate of drug-likeness (QED) is 0.762. The van der Waals surface area contributed by atoms with Crippen LogP contribution in [0, 0.1) is 5.92 Å². The number of fused-ring (bicyclic) bond motifs is 1. The standard InChI is InChI=1S/C12H18ClN3O/c13-8-11-14-15-12(17-11)16-7-3-5-9-4-1-2-6-10(9)16/h9-10H,1-8H2. The van der Waals surface area contributed by atoms with Gasteiger partial charge in [0, 0.05) is 12.6 Å². The zero-order valence-electron chi connectivity index (χ0n) is 9.94. The molecule has 0 spiro atoms. The summed E-state index contributed by atoms with van der Waals surface area (Å²) >= 11 is 5.70. The van der Waals surface area contributed by atoms with Gasteiger partial charge in [0.1, 0.15) is 5.88 Å². The molecule has 1 aliphatic heterocycles. The van der Waals surface area contributed by atoms with E-state index in [9.17, 15) is 0 Å². The number of anilines is 1. The van der Waals surface area contributed by atoms with Gasteiger partial charge in [-0.25, -0.2) is 0 Å². The second-order valence-electron chi connectivity index (χ2n) is 5.06. The van der Waals surface area contributed by atoms with Crippen LogP contribution in [0.3, 0.4) is 0 Å². The fourth-order valence-electron chi connectivity index (χ4n) is 3.28. The van der Waals surface area contributed by atoms with Crippen LogP contribution in [0.25, 0.3) is 0 Å². The fourth-order valence-corrected chi connectivity index (χ4v) is 3.39. The van der Waals surface area contributed by atoms with Crippen molar-refractivity contribution in [1.82, 2.24) is 10.2 Å². The second kappa shape index (κ2) is 4.84. The first-order valence-corrected chi connectivity index (χ1v) is 7.07. The van der Waals surface area contributed by atoms with Gasteiger partial charge in [-0.15, -0.1) is 16.7 Å². The smallest absolute Gasteiger partial charge is 0.318 e. The van der Waals surface area contributed by atoms with Crippen LogP contribution >= 0.6 is 11.6 Å². The minimum atomic E-state index is 0.301. The molecule has 1 saturated heterocycles. The predicted octanol–water partition coefficient (Wildman–Crippen LogP) is 2.97. The van der Waals surface area contributed by atoms with E-state index in [0.29, 0.717) is 23.8 Å². The topological polar surface area (TPSA) is 42.2 Å². The first-order valence-electron chi connectivity index (χ1n) is 6.53. The summed E-state index contributed by atoms with van der Waals surface area (Å²) in [5.74, 6) is 1.65. The Balaban J connectivity index is 1.80. The average molecular weight is 256 g/mol. The summed E-state index contributed by atoms with van der Waals surface area (Å²) in [4.78, 5) is 2.32. The molecule has 94 valence electrons. The van der Waals surface area contributed by atoms with Crippen molar-refractivity contribution >= 4 is 17.6 Å². The molecule has 2 atom stereocenters. The summed E-state index contributed by atoms with van der Waals surface area (Å²) in [5.41, 5.74) is 0. The molecule has 0 aromatic carbocycles. The van der Waals surface area contributed by atoms with Crippen molar-refractivity contribution in [2.24, 2.45) is 5.92 Å². The van der Waals surface area contributed by atoms with E-state index >= 15 is 0 Å². The van der Waals surface area contributed by atoms with Gasteiger partial charge in [0.25, 0.3) is 0 Å². The van der Waals surface area contributed by atoms with Crippen molar-refractivity contribution in [3.63, 3.8) is 0 Å². The van der Waals surface area contributed by atoms with E-state index in [-0.39, 0.29) is 0 Å². The van der Waals surface area contributed by atoms with E-state index < -0.39 is 0 Å². The molecule has 1 saturated carbocycles. The zero-order chi connectivity index (χ0) is 11.7. The number of halogens is 1. The number of rotatable bonds is 2. The molecule has 0 amide bonds. The molecular formula is C12H18ClN3O. The molecule has 2 heterocycles. The lowest BCUT2D eigenvalue weighted by Crippen LogP contribution is -2.47. The monoisotopic (exact) mass is 255 g/mol. The van der Waals surface area contributed by atoms with Gasteiger partial charge in [-0.1, -0.05) is 17.9 Å². The van der Waals surface area contributed by atoms with Crippen LogP contribution in [0.1, 0.15) is 44.4 Å². The molecule has 2 fully saturated rings. The number of hydrogen-bond donors (Lipinski definition) is 0. The van der Waals surface area contributed by atoms with Gasteiger partial charge in [0.15, 0.2) is 0 Å². The lowest BCUT2D eigenvalue weighted by Gasteiger charge is -2.43. The Morgan fingerprint density at radius 3 is 2.82 bits per heavy atom. The molecule has 17 heavy (non-hydrogen) atoms. The normalized spacial score (nSPS) is 29.1. The second-order valence-corrected chi connectivity index (χ2v) is 5.33. The molecule has 2 unspecified atom stereocenters. The van der Waals surface area contributed by atoms with Crippen LogP contribution < -0.4 is 4.90 Å². The number of alkyl halides is 1. The van der Waals surface area contributed by atoms with Crippen molar-refractivity contribution in [2.45, 2.75) is 50.4 Å². The third-order valence-electron chi connectivity index (χ3n) is 4.06. The first kappa shape index (κ1) is 11.3. The molecule has 3 rings (SSSR count). The zero-order valence-corrected chi connectivity index (χ0v) is 10.7. The minimum Gasteiger partial charge on any atom is -0.407 e. The average Bonchev–Trinajstić information content (AvgIpc) is 2.87. The maximum Gasteiger partial charge on any atom is 0.318 e. The molecule has 5 heteroatoms. The molecule has 4 nitrogen and oxygen atoms in total. The van der Waals surface area contributed by atoms with E-state index in [4.69, 9.17) is 16.0 Å². The van der Waals surface area contributed by atoms with Gasteiger partial charge >= 0.3 is 6.01 Å². The lowest BCUT2D eigenvalue weighted by molar-refractivity contribution is 0.234. The van der Waals surface area contributed by atoms with Gasteiger partial charge in [0.05, 0.1) is 0 Å². The number of nitrogens with zero attached hydrogens (tertiary/aromatic N) is 3. The molecule has 0 radical (unpaired) electrons. The lowest BCUT2D eigenvalue weighted by atomic mass is 9.78. The molecule has 1 aliphatic carbocycles.